The van der Waals surface area contributed by atoms with Crippen LogP contribution in [0.4, 0.5) is 5.69 Å². The number of carbonyl (C=O) groups excluding carboxylic acids is 1. The van der Waals surface area contributed by atoms with E-state index in [4.69, 9.17) is 0 Å². The Morgan fingerprint density at radius 1 is 1.30 bits per heavy atom. The van der Waals surface area contributed by atoms with E-state index < -0.39 is 11.0 Å². The molecule has 1 saturated carbocycles. The topological polar surface area (TPSA) is 68.4 Å². The Morgan fingerprint density at radius 3 is 2.67 bits per heavy atom. The van der Waals surface area contributed by atoms with Gasteiger partial charge in [-0.25, -0.2) is 4.21 Å². The molecular weight excluding hydrogens is 360 g/mol. The van der Waals surface area contributed by atoms with Gasteiger partial charge in [0.05, 0.1) is 10.9 Å². The van der Waals surface area contributed by atoms with Gasteiger partial charge in [-0.1, -0.05) is 6.92 Å². The molecule has 1 aliphatic rings. The maximum absolute atomic E-state index is 13.0. The molecule has 0 spiro atoms. The summed E-state index contributed by atoms with van der Waals surface area (Å²) in [7, 11) is 2.94. The van der Waals surface area contributed by atoms with Gasteiger partial charge in [0.25, 0.3) is 5.91 Å². The van der Waals surface area contributed by atoms with E-state index in [9.17, 15) is 9.00 Å². The molecule has 1 fully saturated rings. The molecule has 1 heterocycles. The van der Waals surface area contributed by atoms with E-state index in [0.717, 1.165) is 42.4 Å². The molecule has 1 amide bonds. The monoisotopic (exact) mass is 390 g/mol. The molecule has 0 radical (unpaired) electrons. The first-order chi connectivity index (χ1) is 12.9. The third-order valence-electron chi connectivity index (χ3n) is 4.94. The smallest absolute Gasteiger partial charge is 0.267 e. The Bertz CT molecular complexity index is 828. The summed E-state index contributed by atoms with van der Waals surface area (Å²) in [6.45, 7) is 5.60. The van der Waals surface area contributed by atoms with Gasteiger partial charge in [-0.2, -0.15) is 0 Å². The molecule has 1 aromatic heterocycles. The van der Waals surface area contributed by atoms with Gasteiger partial charge in [-0.3, -0.25) is 9.10 Å². The van der Waals surface area contributed by atoms with Crippen molar-refractivity contribution >= 4 is 33.5 Å². The molecular formula is C20H30N4O2S. The first-order valence-electron chi connectivity index (χ1n) is 9.65. The molecule has 3 rings (SSSR count). The fourth-order valence-corrected chi connectivity index (χ4v) is 4.16. The summed E-state index contributed by atoms with van der Waals surface area (Å²) in [4.78, 5) is 17.6. The van der Waals surface area contributed by atoms with Crippen LogP contribution >= 0.6 is 0 Å². The SMILES string of the molecule is CCC(C)S(=O)N(CCN(C)C)c1ccc2[nH]c(C(=O)NC3CC3)cc2c1. The van der Waals surface area contributed by atoms with Gasteiger partial charge in [-0.05, 0) is 64.5 Å². The van der Waals surface area contributed by atoms with Gasteiger partial charge in [0, 0.05) is 30.0 Å². The number of hydrogen-bond donors (Lipinski definition) is 2. The highest BCUT2D eigenvalue weighted by Gasteiger charge is 2.25. The molecule has 1 aliphatic carbocycles. The highest BCUT2D eigenvalue weighted by Crippen LogP contribution is 2.26. The number of carbonyl (C=O) groups is 1. The van der Waals surface area contributed by atoms with Crippen molar-refractivity contribution in [3.05, 3.63) is 30.0 Å². The number of H-pyrrole nitrogens is 1. The summed E-state index contributed by atoms with van der Waals surface area (Å²) in [6, 6.07) is 8.19. The second-order valence-electron chi connectivity index (χ2n) is 7.60. The minimum atomic E-state index is -1.10. The Balaban J connectivity index is 1.86. The zero-order valence-electron chi connectivity index (χ0n) is 16.6. The van der Waals surface area contributed by atoms with Crippen LogP contribution in [0.1, 0.15) is 43.6 Å². The van der Waals surface area contributed by atoms with Crippen LogP contribution in [-0.4, -0.2) is 58.5 Å². The maximum Gasteiger partial charge on any atom is 0.267 e. The van der Waals surface area contributed by atoms with Crippen LogP contribution in [0.25, 0.3) is 10.9 Å². The Kier molecular flexibility index (Phi) is 6.22. The number of aromatic amines is 1. The molecule has 1 aromatic carbocycles. The maximum atomic E-state index is 13.0. The number of fused-ring (bicyclic) bond motifs is 1. The molecule has 0 bridgehead atoms. The molecule has 0 aliphatic heterocycles. The van der Waals surface area contributed by atoms with Gasteiger partial charge in [0.1, 0.15) is 16.7 Å². The lowest BCUT2D eigenvalue weighted by molar-refractivity contribution is 0.0947. The van der Waals surface area contributed by atoms with Crippen molar-refractivity contribution < 1.29 is 9.00 Å². The standard InChI is InChI=1S/C20H30N4O2S/c1-5-14(2)27(26)24(11-10-23(3)4)17-8-9-18-15(12-17)13-19(22-18)20(25)21-16-6-7-16/h8-9,12-14,16,22H,5-7,10-11H2,1-4H3,(H,21,25). The Hall–Kier alpha value is -1.86. The van der Waals surface area contributed by atoms with E-state index in [-0.39, 0.29) is 11.2 Å². The number of nitrogens with one attached hydrogen (secondary N) is 2. The predicted octanol–water partition coefficient (Wildman–Crippen LogP) is 2.89. The van der Waals surface area contributed by atoms with Crippen LogP contribution in [0.15, 0.2) is 24.3 Å². The zero-order valence-corrected chi connectivity index (χ0v) is 17.4. The van der Waals surface area contributed by atoms with E-state index >= 15 is 0 Å². The van der Waals surface area contributed by atoms with Crippen molar-refractivity contribution in [2.24, 2.45) is 0 Å². The molecule has 148 valence electrons. The van der Waals surface area contributed by atoms with Crippen molar-refractivity contribution in [1.29, 1.82) is 0 Å². The van der Waals surface area contributed by atoms with Crippen molar-refractivity contribution in [3.8, 4) is 0 Å². The Labute approximate surface area is 163 Å². The third kappa shape index (κ3) is 4.90. The largest absolute Gasteiger partial charge is 0.351 e. The van der Waals surface area contributed by atoms with Gasteiger partial charge >= 0.3 is 0 Å². The number of amides is 1. The first-order valence-corrected chi connectivity index (χ1v) is 10.8. The fraction of sp³-hybridized carbons (Fsp3) is 0.550. The second-order valence-corrected chi connectivity index (χ2v) is 9.40. The third-order valence-corrected chi connectivity index (χ3v) is 6.79. The number of rotatable bonds is 9. The molecule has 2 aromatic rings. The van der Waals surface area contributed by atoms with E-state index in [2.05, 4.69) is 22.1 Å². The molecule has 0 saturated heterocycles. The zero-order chi connectivity index (χ0) is 19.6. The van der Waals surface area contributed by atoms with Crippen LogP contribution < -0.4 is 9.62 Å². The molecule has 7 heteroatoms. The van der Waals surface area contributed by atoms with E-state index in [1.807, 2.05) is 49.6 Å². The van der Waals surface area contributed by atoms with Crippen LogP contribution in [0.3, 0.4) is 0 Å². The molecule has 27 heavy (non-hydrogen) atoms. The average molecular weight is 391 g/mol. The second kappa shape index (κ2) is 8.44. The number of aromatic nitrogens is 1. The van der Waals surface area contributed by atoms with Gasteiger partial charge < -0.3 is 15.2 Å². The summed E-state index contributed by atoms with van der Waals surface area (Å²) in [5, 5.41) is 4.06. The number of likely N-dealkylation sites (N-methyl/N-ethyl adjacent to an activating group) is 1. The number of benzene rings is 1. The summed E-state index contributed by atoms with van der Waals surface area (Å²) >= 11 is 0. The molecule has 2 atom stereocenters. The van der Waals surface area contributed by atoms with E-state index in [1.54, 1.807) is 0 Å². The van der Waals surface area contributed by atoms with Crippen LogP contribution in [0.5, 0.6) is 0 Å². The molecule has 2 N–H and O–H groups in total. The molecule has 2 unspecified atom stereocenters. The van der Waals surface area contributed by atoms with Gasteiger partial charge in [0.2, 0.25) is 0 Å². The van der Waals surface area contributed by atoms with E-state index in [0.29, 0.717) is 18.3 Å². The first kappa shape index (κ1) is 19.9. The van der Waals surface area contributed by atoms with Crippen molar-refractivity contribution in [1.82, 2.24) is 15.2 Å². The minimum absolute atomic E-state index is 0.0529. The lowest BCUT2D eigenvalue weighted by atomic mass is 10.2. The van der Waals surface area contributed by atoms with Crippen LogP contribution in [0.2, 0.25) is 0 Å². The van der Waals surface area contributed by atoms with Crippen LogP contribution in [0, 0.1) is 0 Å². The normalized spacial score (nSPS) is 16.5. The van der Waals surface area contributed by atoms with E-state index in [1.165, 1.54) is 0 Å². The van der Waals surface area contributed by atoms with Crippen molar-refractivity contribution in [2.45, 2.75) is 44.4 Å². The molecule has 6 nitrogen and oxygen atoms in total. The van der Waals surface area contributed by atoms with Crippen molar-refractivity contribution in [3.63, 3.8) is 0 Å². The lowest BCUT2D eigenvalue weighted by Crippen LogP contribution is -2.37. The van der Waals surface area contributed by atoms with Crippen molar-refractivity contribution in [2.75, 3.05) is 31.5 Å². The highest BCUT2D eigenvalue weighted by molar-refractivity contribution is 7.87. The summed E-state index contributed by atoms with van der Waals surface area (Å²) in [6.07, 6.45) is 3.00. The lowest BCUT2D eigenvalue weighted by Gasteiger charge is -2.27. The summed E-state index contributed by atoms with van der Waals surface area (Å²) < 4.78 is 15.0. The number of nitrogens with zero attached hydrogens (tertiary/aromatic N) is 2. The quantitative estimate of drug-likeness (QED) is 0.692. The van der Waals surface area contributed by atoms with Gasteiger partial charge in [0.15, 0.2) is 0 Å². The fourth-order valence-electron chi connectivity index (χ4n) is 2.86. The van der Waals surface area contributed by atoms with Crippen LogP contribution in [-0.2, 0) is 11.0 Å². The summed E-state index contributed by atoms with van der Waals surface area (Å²) in [5.41, 5.74) is 2.43. The van der Waals surface area contributed by atoms with Gasteiger partial charge in [-0.15, -0.1) is 0 Å². The summed E-state index contributed by atoms with van der Waals surface area (Å²) in [5.74, 6) is -0.0529. The minimum Gasteiger partial charge on any atom is -0.351 e. The predicted molar refractivity (Wildman–Crippen MR) is 113 cm³/mol. The highest BCUT2D eigenvalue weighted by atomic mass is 32.2. The Morgan fingerprint density at radius 2 is 2.04 bits per heavy atom. The average Bonchev–Trinajstić information content (AvgIpc) is 3.35. The number of anilines is 1. The number of hydrogen-bond acceptors (Lipinski definition) is 3.